The molecule has 0 spiro atoms. The topological polar surface area (TPSA) is 111 Å². The average molecular weight is 597 g/mol. The van der Waals surface area contributed by atoms with Gasteiger partial charge in [-0.25, -0.2) is 4.79 Å². The van der Waals surface area contributed by atoms with Gasteiger partial charge in [0, 0.05) is 34.4 Å². The van der Waals surface area contributed by atoms with E-state index in [1.54, 1.807) is 20.8 Å². The van der Waals surface area contributed by atoms with Gasteiger partial charge in [0.05, 0.1) is 6.10 Å². The lowest BCUT2D eigenvalue weighted by molar-refractivity contribution is -0.139. The van der Waals surface area contributed by atoms with Crippen molar-refractivity contribution in [3.63, 3.8) is 0 Å². The Morgan fingerprint density at radius 2 is 1.92 bits per heavy atom. The molecule has 37 heavy (non-hydrogen) atoms. The van der Waals surface area contributed by atoms with Crippen LogP contribution < -0.4 is 11.1 Å². The zero-order valence-electron chi connectivity index (χ0n) is 21.9. The molecule has 1 aromatic carbocycles. The van der Waals surface area contributed by atoms with Crippen LogP contribution in [0.25, 0.3) is 0 Å². The summed E-state index contributed by atoms with van der Waals surface area (Å²) in [5.74, 6) is -0.590. The highest BCUT2D eigenvalue weighted by atomic mass is 79.9. The second kappa shape index (κ2) is 13.2. The van der Waals surface area contributed by atoms with Crippen LogP contribution in [0.4, 0.5) is 4.79 Å². The second-order valence-corrected chi connectivity index (χ2v) is 12.4. The molecule has 2 aliphatic rings. The summed E-state index contributed by atoms with van der Waals surface area (Å²) in [5.41, 5.74) is 4.99. The number of hydrogen-bond acceptors (Lipinski definition) is 6. The van der Waals surface area contributed by atoms with Crippen molar-refractivity contribution in [2.45, 2.75) is 88.5 Å². The van der Waals surface area contributed by atoms with E-state index in [1.165, 1.54) is 16.9 Å². The monoisotopic (exact) mass is 595 g/mol. The molecule has 0 aromatic heterocycles. The number of carbonyl (C=O) groups is 3. The summed E-state index contributed by atoms with van der Waals surface area (Å²) in [5, 5.41) is 2.81. The molecule has 1 heterocycles. The van der Waals surface area contributed by atoms with Crippen molar-refractivity contribution in [3.8, 4) is 0 Å². The van der Waals surface area contributed by atoms with Gasteiger partial charge in [0.25, 0.3) is 0 Å². The number of halogens is 1. The molecule has 10 heteroatoms. The molecule has 5 atom stereocenters. The molecule has 2 fully saturated rings. The van der Waals surface area contributed by atoms with Crippen molar-refractivity contribution in [2.24, 2.45) is 17.6 Å². The van der Waals surface area contributed by atoms with Gasteiger partial charge in [-0.15, -0.1) is 0 Å². The van der Waals surface area contributed by atoms with Crippen LogP contribution in [0.2, 0.25) is 0 Å². The lowest BCUT2D eigenvalue weighted by atomic mass is 10.1. The van der Waals surface area contributed by atoms with E-state index in [0.717, 1.165) is 35.1 Å². The van der Waals surface area contributed by atoms with E-state index in [2.05, 4.69) is 40.3 Å². The highest BCUT2D eigenvalue weighted by Crippen LogP contribution is 2.45. The van der Waals surface area contributed by atoms with Gasteiger partial charge >= 0.3 is 6.09 Å². The van der Waals surface area contributed by atoms with Gasteiger partial charge < -0.3 is 24.9 Å². The molecule has 0 bridgehead atoms. The fourth-order valence-electron chi connectivity index (χ4n) is 4.57. The molecule has 4 unspecified atom stereocenters. The predicted molar refractivity (Wildman–Crippen MR) is 148 cm³/mol. The molecule has 3 amide bonds. The number of carbonyl (C=O) groups excluding carboxylic acids is 3. The van der Waals surface area contributed by atoms with Crippen LogP contribution in [0.5, 0.6) is 0 Å². The summed E-state index contributed by atoms with van der Waals surface area (Å²) in [4.78, 5) is 41.1. The quantitative estimate of drug-likeness (QED) is 0.268. The Balaban J connectivity index is 1.69. The number of primary amides is 1. The molecule has 1 saturated carbocycles. The summed E-state index contributed by atoms with van der Waals surface area (Å²) < 4.78 is 12.4. The molecule has 204 valence electrons. The molecule has 1 aliphatic heterocycles. The van der Waals surface area contributed by atoms with Gasteiger partial charge in [0.1, 0.15) is 17.7 Å². The summed E-state index contributed by atoms with van der Waals surface area (Å²) in [7, 11) is 0. The third-order valence-corrected chi connectivity index (χ3v) is 7.78. The van der Waals surface area contributed by atoms with Crippen molar-refractivity contribution < 1.29 is 23.3 Å². The summed E-state index contributed by atoms with van der Waals surface area (Å²) in [6, 6.07) is 6.09. The number of alkyl carbamates (subject to hydrolysis) is 1. The third-order valence-electron chi connectivity index (χ3n) is 6.42. The number of allylic oxidation sites excluding steroid dienone is 2. The average Bonchev–Trinajstić information content (AvgIpc) is 3.45. The first kappa shape index (κ1) is 29.5. The van der Waals surface area contributed by atoms with Crippen LogP contribution in [0.3, 0.4) is 0 Å². The molecule has 1 aliphatic carbocycles. The largest absolute Gasteiger partial charge is 0.444 e. The lowest BCUT2D eigenvalue weighted by Crippen LogP contribution is -2.54. The minimum Gasteiger partial charge on any atom is -0.444 e. The van der Waals surface area contributed by atoms with Gasteiger partial charge in [-0.1, -0.05) is 35.0 Å². The Morgan fingerprint density at radius 1 is 1.22 bits per heavy atom. The number of nitrogens with one attached hydrogen (secondary N) is 1. The lowest BCUT2D eigenvalue weighted by Gasteiger charge is -2.29. The van der Waals surface area contributed by atoms with Crippen molar-refractivity contribution >= 4 is 45.9 Å². The molecule has 3 N–H and O–H groups in total. The number of hydrogen-bond donors (Lipinski definition) is 2. The van der Waals surface area contributed by atoms with Gasteiger partial charge in [-0.3, -0.25) is 9.59 Å². The van der Waals surface area contributed by atoms with E-state index in [4.69, 9.17) is 14.7 Å². The summed E-state index contributed by atoms with van der Waals surface area (Å²) in [6.45, 7) is 7.64. The zero-order valence-corrected chi connectivity index (χ0v) is 24.3. The van der Waals surface area contributed by atoms with Gasteiger partial charge in [0.2, 0.25) is 11.8 Å². The van der Waals surface area contributed by atoms with E-state index in [-0.39, 0.29) is 24.5 Å². The molecule has 8 nitrogen and oxygen atoms in total. The Labute approximate surface area is 232 Å². The number of nitrogens with zero attached hydrogens (tertiary/aromatic N) is 1. The molecule has 3 rings (SSSR count). The molecular formula is C27H38BrN3O5S. The van der Waals surface area contributed by atoms with Crippen molar-refractivity contribution in [2.75, 3.05) is 6.54 Å². The Morgan fingerprint density at radius 3 is 2.54 bits per heavy atom. The van der Waals surface area contributed by atoms with E-state index < -0.39 is 29.7 Å². The number of likely N-dealkylation sites (tertiary alicyclic amines) is 1. The molecule has 1 aromatic rings. The van der Waals surface area contributed by atoms with Gasteiger partial charge in [-0.05, 0) is 82.6 Å². The number of rotatable bonds is 11. The number of ether oxygens (including phenoxy) is 1. The van der Waals surface area contributed by atoms with E-state index in [0.29, 0.717) is 12.3 Å². The minimum absolute atomic E-state index is 0.0133. The zero-order chi connectivity index (χ0) is 27.2. The molecular weight excluding hydrogens is 558 g/mol. The van der Waals surface area contributed by atoms with E-state index in [1.807, 2.05) is 24.3 Å². The number of benzene rings is 1. The Hall–Kier alpha value is -2.04. The molecule has 1 saturated heterocycles. The van der Waals surface area contributed by atoms with Crippen LogP contribution in [-0.2, 0) is 18.5 Å². The van der Waals surface area contributed by atoms with Crippen molar-refractivity contribution in [1.82, 2.24) is 10.2 Å². The SMILES string of the molecule is CC/C=C\CCC1CC1[C@H](NC(=O)OC(C)(C)C)C(=O)N1CC(OSc2ccc(Br)cc2)CC1C(N)=O. The number of amides is 3. The molecule has 0 radical (unpaired) electrons. The first-order chi connectivity index (χ1) is 17.5. The predicted octanol–water partition coefficient (Wildman–Crippen LogP) is 5.20. The third kappa shape index (κ3) is 9.04. The summed E-state index contributed by atoms with van der Waals surface area (Å²) >= 11 is 4.61. The van der Waals surface area contributed by atoms with E-state index >= 15 is 0 Å². The maximum atomic E-state index is 13.8. The van der Waals surface area contributed by atoms with Gasteiger partial charge in [-0.2, -0.15) is 0 Å². The fourth-order valence-corrected chi connectivity index (χ4v) is 5.46. The van der Waals surface area contributed by atoms with Crippen LogP contribution >= 0.6 is 28.0 Å². The smallest absolute Gasteiger partial charge is 0.408 e. The number of nitrogens with two attached hydrogens (primary N) is 1. The Bertz CT molecular complexity index is 981. The maximum absolute atomic E-state index is 13.8. The van der Waals surface area contributed by atoms with Crippen LogP contribution in [0.15, 0.2) is 45.8 Å². The van der Waals surface area contributed by atoms with Crippen molar-refractivity contribution in [1.29, 1.82) is 0 Å². The van der Waals surface area contributed by atoms with Crippen LogP contribution in [0.1, 0.15) is 59.8 Å². The van der Waals surface area contributed by atoms with Crippen LogP contribution in [0, 0.1) is 11.8 Å². The standard InChI is InChI=1S/C27H38BrN3O5S/c1-5-6-7-8-9-17-14-21(17)23(30-26(34)35-27(2,3)4)25(33)31-16-19(15-22(31)24(29)32)36-37-20-12-10-18(28)11-13-20/h6-7,10-13,17,19,21-23H,5,8-9,14-16H2,1-4H3,(H2,29,32)(H,30,34)/b7-6-/t17?,19?,21?,22?,23-/m0/s1. The fraction of sp³-hybridized carbons (Fsp3) is 0.593. The summed E-state index contributed by atoms with van der Waals surface area (Å²) in [6.07, 6.45) is 7.27. The Kier molecular flexibility index (Phi) is 10.5. The van der Waals surface area contributed by atoms with Gasteiger partial charge in [0.15, 0.2) is 0 Å². The highest BCUT2D eigenvalue weighted by Gasteiger charge is 2.50. The van der Waals surface area contributed by atoms with E-state index in [9.17, 15) is 14.4 Å². The van der Waals surface area contributed by atoms with Crippen molar-refractivity contribution in [3.05, 3.63) is 40.9 Å². The first-order valence-corrected chi connectivity index (χ1v) is 14.3. The first-order valence-electron chi connectivity index (χ1n) is 12.8. The maximum Gasteiger partial charge on any atom is 0.408 e. The minimum atomic E-state index is -0.796. The van der Waals surface area contributed by atoms with Crippen LogP contribution in [-0.4, -0.2) is 53.1 Å². The highest BCUT2D eigenvalue weighted by molar-refractivity contribution is 9.10. The second-order valence-electron chi connectivity index (χ2n) is 10.6. The normalized spacial score (nSPS) is 24.2.